The van der Waals surface area contributed by atoms with Gasteiger partial charge in [-0.1, -0.05) is 18.2 Å². The molecule has 1 amide bonds. The maximum atomic E-state index is 14.6. The first-order valence-electron chi connectivity index (χ1n) is 9.74. The number of carbonyl (C=O) groups excluding carboxylic acids is 1. The molecule has 1 atom stereocenters. The number of aromatic nitrogens is 2. The van der Waals surface area contributed by atoms with Crippen molar-refractivity contribution in [1.82, 2.24) is 9.97 Å². The first-order chi connectivity index (χ1) is 13.6. The Hall–Kier alpha value is -3.02. The van der Waals surface area contributed by atoms with Crippen molar-refractivity contribution < 1.29 is 9.18 Å². The minimum Gasteiger partial charge on any atom is -0.363 e. The minimum absolute atomic E-state index is 0.0530. The van der Waals surface area contributed by atoms with Crippen molar-refractivity contribution in [3.63, 3.8) is 0 Å². The van der Waals surface area contributed by atoms with Gasteiger partial charge in [0.25, 0.3) is 0 Å². The van der Waals surface area contributed by atoms with Gasteiger partial charge in [-0.25, -0.2) is 14.4 Å². The largest absolute Gasteiger partial charge is 0.363 e. The number of carbonyl (C=O) groups is 1. The summed E-state index contributed by atoms with van der Waals surface area (Å²) in [5, 5.41) is 4.19. The highest BCUT2D eigenvalue weighted by atomic mass is 19.1. The van der Waals surface area contributed by atoms with Crippen molar-refractivity contribution in [3.8, 4) is 0 Å². The monoisotopic (exact) mass is 392 g/mol. The fourth-order valence-corrected chi connectivity index (χ4v) is 4.10. The molecule has 0 spiro atoms. The van der Waals surface area contributed by atoms with Crippen molar-refractivity contribution in [3.05, 3.63) is 58.7 Å². The van der Waals surface area contributed by atoms with Gasteiger partial charge in [0.05, 0.1) is 17.0 Å². The SMILES string of the molecule is Cc1nc(N[C@H](C)c2cccc(C)c2F)c2cc3c(cc2n1)N(C)C(=O)C3(C)C. The van der Waals surface area contributed by atoms with Gasteiger partial charge in [0.15, 0.2) is 0 Å². The molecule has 1 aliphatic rings. The van der Waals surface area contributed by atoms with E-state index in [1.54, 1.807) is 31.0 Å². The highest BCUT2D eigenvalue weighted by Gasteiger charge is 2.42. The van der Waals surface area contributed by atoms with Gasteiger partial charge in [-0.15, -0.1) is 0 Å². The molecule has 1 N–H and O–H groups in total. The third kappa shape index (κ3) is 2.94. The van der Waals surface area contributed by atoms with Crippen molar-refractivity contribution in [1.29, 1.82) is 0 Å². The Morgan fingerprint density at radius 2 is 1.90 bits per heavy atom. The van der Waals surface area contributed by atoms with Crippen LogP contribution in [0.4, 0.5) is 15.9 Å². The van der Waals surface area contributed by atoms with Crippen molar-refractivity contribution in [2.24, 2.45) is 0 Å². The van der Waals surface area contributed by atoms with Crippen LogP contribution in [0.25, 0.3) is 10.9 Å². The van der Waals surface area contributed by atoms with Gasteiger partial charge in [0.2, 0.25) is 5.91 Å². The molecule has 5 nitrogen and oxygen atoms in total. The number of benzene rings is 2. The number of likely N-dealkylation sites (N-methyl/N-ethyl adjacent to an activating group) is 1. The van der Waals surface area contributed by atoms with E-state index in [0.29, 0.717) is 22.8 Å². The van der Waals surface area contributed by atoms with Crippen molar-refractivity contribution >= 4 is 28.3 Å². The molecule has 0 saturated heterocycles. The van der Waals surface area contributed by atoms with Gasteiger partial charge in [0, 0.05) is 23.7 Å². The number of halogens is 1. The minimum atomic E-state index is -0.616. The summed E-state index contributed by atoms with van der Waals surface area (Å²) in [6.07, 6.45) is 0. The first kappa shape index (κ1) is 19.3. The van der Waals surface area contributed by atoms with E-state index in [2.05, 4.69) is 15.3 Å². The Morgan fingerprint density at radius 1 is 1.17 bits per heavy atom. The van der Waals surface area contributed by atoms with Gasteiger partial charge in [-0.2, -0.15) is 0 Å². The molecule has 2 aromatic carbocycles. The predicted molar refractivity (Wildman–Crippen MR) is 114 cm³/mol. The molecule has 6 heteroatoms. The molecular formula is C23H25FN4O. The Morgan fingerprint density at radius 3 is 2.62 bits per heavy atom. The van der Waals surface area contributed by atoms with Crippen molar-refractivity contribution in [2.75, 3.05) is 17.3 Å². The highest BCUT2D eigenvalue weighted by Crippen LogP contribution is 2.43. The third-order valence-electron chi connectivity index (χ3n) is 5.84. The van der Waals surface area contributed by atoms with Crippen LogP contribution < -0.4 is 10.2 Å². The zero-order valence-corrected chi connectivity index (χ0v) is 17.6. The van der Waals surface area contributed by atoms with E-state index < -0.39 is 5.41 Å². The number of hydrogen-bond donors (Lipinski definition) is 1. The van der Waals surface area contributed by atoms with E-state index in [0.717, 1.165) is 22.2 Å². The number of amides is 1. The molecule has 0 saturated carbocycles. The zero-order valence-electron chi connectivity index (χ0n) is 17.6. The maximum absolute atomic E-state index is 14.6. The second-order valence-corrected chi connectivity index (χ2v) is 8.34. The van der Waals surface area contributed by atoms with Crippen LogP contribution in [0.1, 0.15) is 49.3 Å². The summed E-state index contributed by atoms with van der Waals surface area (Å²) in [4.78, 5) is 23.5. The van der Waals surface area contributed by atoms with Crippen LogP contribution in [0.5, 0.6) is 0 Å². The Balaban J connectivity index is 1.84. The number of aryl methyl sites for hydroxylation is 2. The lowest BCUT2D eigenvalue weighted by Gasteiger charge is -2.19. The van der Waals surface area contributed by atoms with E-state index >= 15 is 0 Å². The topological polar surface area (TPSA) is 58.1 Å². The van der Waals surface area contributed by atoms with Gasteiger partial charge >= 0.3 is 0 Å². The molecule has 0 bridgehead atoms. The summed E-state index contributed by atoms with van der Waals surface area (Å²) < 4.78 is 14.6. The number of anilines is 2. The van der Waals surface area contributed by atoms with E-state index in [9.17, 15) is 9.18 Å². The molecule has 29 heavy (non-hydrogen) atoms. The van der Waals surface area contributed by atoms with Gasteiger partial charge in [-0.05, 0) is 57.9 Å². The Labute approximate surface area is 170 Å². The van der Waals surface area contributed by atoms with Crippen LogP contribution in [0.3, 0.4) is 0 Å². The van der Waals surface area contributed by atoms with E-state index in [4.69, 9.17) is 0 Å². The number of nitrogens with one attached hydrogen (secondary N) is 1. The molecule has 4 rings (SSSR count). The summed E-state index contributed by atoms with van der Waals surface area (Å²) in [5.41, 5.74) is 3.16. The number of fused-ring (bicyclic) bond motifs is 2. The lowest BCUT2D eigenvalue weighted by molar-refractivity contribution is -0.121. The summed E-state index contributed by atoms with van der Waals surface area (Å²) in [7, 11) is 1.79. The van der Waals surface area contributed by atoms with Crippen LogP contribution in [-0.2, 0) is 10.2 Å². The summed E-state index contributed by atoms with van der Waals surface area (Å²) in [6.45, 7) is 9.35. The molecule has 0 fully saturated rings. The Kier molecular flexibility index (Phi) is 4.33. The zero-order chi connectivity index (χ0) is 21.1. The lowest BCUT2D eigenvalue weighted by Crippen LogP contribution is -2.33. The van der Waals surface area contributed by atoms with Crippen LogP contribution in [0, 0.1) is 19.7 Å². The summed E-state index contributed by atoms with van der Waals surface area (Å²) >= 11 is 0. The first-order valence-corrected chi connectivity index (χ1v) is 9.74. The van der Waals surface area contributed by atoms with Gasteiger partial charge in [-0.3, -0.25) is 4.79 Å². The summed E-state index contributed by atoms with van der Waals surface area (Å²) in [5.74, 6) is 1.10. The standard InChI is InChI=1S/C23H25FN4O/c1-12-8-7-9-15(20(12)24)13(2)25-21-16-10-17-19(11-18(16)26-14(3)27-21)28(6)22(29)23(17,4)5/h7-11,13H,1-6H3,(H,25,26,27)/t13-/m1/s1. The second-order valence-electron chi connectivity index (χ2n) is 8.34. The molecule has 0 unspecified atom stereocenters. The molecule has 2 heterocycles. The average molecular weight is 392 g/mol. The molecule has 0 radical (unpaired) electrons. The predicted octanol–water partition coefficient (Wildman–Crippen LogP) is 4.81. The molecule has 0 aliphatic carbocycles. The van der Waals surface area contributed by atoms with Gasteiger partial charge in [0.1, 0.15) is 17.5 Å². The van der Waals surface area contributed by atoms with E-state index in [1.165, 1.54) is 0 Å². The van der Waals surface area contributed by atoms with E-state index in [1.807, 2.05) is 45.9 Å². The molecule has 150 valence electrons. The van der Waals surface area contributed by atoms with Gasteiger partial charge < -0.3 is 10.2 Å². The average Bonchev–Trinajstić information content (AvgIpc) is 2.82. The van der Waals surface area contributed by atoms with Crippen LogP contribution >= 0.6 is 0 Å². The fourth-order valence-electron chi connectivity index (χ4n) is 4.10. The Bertz CT molecular complexity index is 1160. The fraction of sp³-hybridized carbons (Fsp3) is 0.348. The number of nitrogens with zero attached hydrogens (tertiary/aromatic N) is 3. The maximum Gasteiger partial charge on any atom is 0.236 e. The number of rotatable bonds is 3. The molecule has 1 aliphatic heterocycles. The smallest absolute Gasteiger partial charge is 0.236 e. The highest BCUT2D eigenvalue weighted by molar-refractivity contribution is 6.10. The lowest BCUT2D eigenvalue weighted by atomic mass is 9.85. The van der Waals surface area contributed by atoms with E-state index in [-0.39, 0.29) is 17.8 Å². The van der Waals surface area contributed by atoms with Crippen LogP contribution in [0.2, 0.25) is 0 Å². The van der Waals surface area contributed by atoms with Crippen LogP contribution in [-0.4, -0.2) is 22.9 Å². The third-order valence-corrected chi connectivity index (χ3v) is 5.84. The normalized spacial score (nSPS) is 16.2. The van der Waals surface area contributed by atoms with Crippen LogP contribution in [0.15, 0.2) is 30.3 Å². The quantitative estimate of drug-likeness (QED) is 0.695. The summed E-state index contributed by atoms with van der Waals surface area (Å²) in [6, 6.07) is 9.05. The molecule has 1 aromatic heterocycles. The molecular weight excluding hydrogens is 367 g/mol. The molecule has 3 aromatic rings. The van der Waals surface area contributed by atoms with Crippen molar-refractivity contribution in [2.45, 2.75) is 46.1 Å². The number of hydrogen-bond acceptors (Lipinski definition) is 4. The second kappa shape index (κ2) is 6.51.